The Hall–Kier alpha value is -1.95. The molecule has 0 unspecified atom stereocenters. The Morgan fingerprint density at radius 3 is 2.74 bits per heavy atom. The van der Waals surface area contributed by atoms with E-state index in [-0.39, 0.29) is 4.90 Å². The molecule has 31 heavy (non-hydrogen) atoms. The molecule has 3 heterocycles. The van der Waals surface area contributed by atoms with Gasteiger partial charge in [-0.15, -0.1) is 10.2 Å². The number of hydrogen-bond acceptors (Lipinski definition) is 8. The average Bonchev–Trinajstić information content (AvgIpc) is 3.43. The van der Waals surface area contributed by atoms with Crippen molar-refractivity contribution in [2.24, 2.45) is 0 Å². The second-order valence-electron chi connectivity index (χ2n) is 7.82. The third-order valence-electron chi connectivity index (χ3n) is 5.53. The number of nitrogens with zero attached hydrogens (tertiary/aromatic N) is 5. The molecule has 0 atom stereocenters. The summed E-state index contributed by atoms with van der Waals surface area (Å²) in [6.45, 7) is 4.51. The van der Waals surface area contributed by atoms with Crippen LogP contribution < -0.4 is 0 Å². The van der Waals surface area contributed by atoms with Gasteiger partial charge in [-0.2, -0.15) is 4.31 Å². The molecule has 0 N–H and O–H groups in total. The van der Waals surface area contributed by atoms with E-state index >= 15 is 0 Å². The first-order valence-electron chi connectivity index (χ1n) is 10.6. The van der Waals surface area contributed by atoms with Crippen molar-refractivity contribution >= 4 is 32.8 Å². The van der Waals surface area contributed by atoms with Crippen LogP contribution in [0.15, 0.2) is 32.7 Å². The summed E-state index contributed by atoms with van der Waals surface area (Å²) in [5.74, 6) is 2.60. The number of sulfonamides is 1. The monoisotopic (exact) mass is 463 g/mol. The molecule has 166 valence electrons. The first-order valence-corrected chi connectivity index (χ1v) is 13.0. The van der Waals surface area contributed by atoms with Gasteiger partial charge in [0.2, 0.25) is 15.9 Å². The van der Waals surface area contributed by atoms with E-state index in [0.29, 0.717) is 48.7 Å². The van der Waals surface area contributed by atoms with E-state index in [4.69, 9.17) is 14.1 Å². The minimum absolute atomic E-state index is 0.272. The van der Waals surface area contributed by atoms with E-state index in [1.54, 1.807) is 12.1 Å². The molecule has 9 nitrogen and oxygen atoms in total. The van der Waals surface area contributed by atoms with Crippen LogP contribution in [0.4, 0.5) is 0 Å². The summed E-state index contributed by atoms with van der Waals surface area (Å²) in [6, 6.07) is 5.22. The number of rotatable bonds is 8. The molecule has 11 heteroatoms. The predicted octanol–water partition coefficient (Wildman–Crippen LogP) is 3.02. The van der Waals surface area contributed by atoms with Crippen LogP contribution in [-0.4, -0.2) is 58.8 Å². The number of imidazole rings is 1. The van der Waals surface area contributed by atoms with Crippen molar-refractivity contribution in [1.29, 1.82) is 0 Å². The summed E-state index contributed by atoms with van der Waals surface area (Å²) in [5.41, 5.74) is 1.62. The minimum Gasteiger partial charge on any atom is -0.416 e. The lowest BCUT2D eigenvalue weighted by molar-refractivity contribution is 0.0730. The Bertz CT molecular complexity index is 1180. The molecule has 2 aromatic heterocycles. The Morgan fingerprint density at radius 1 is 1.19 bits per heavy atom. The molecule has 1 saturated carbocycles. The summed E-state index contributed by atoms with van der Waals surface area (Å²) in [6.07, 6.45) is 3.19. The molecule has 1 aliphatic heterocycles. The van der Waals surface area contributed by atoms with E-state index in [1.165, 1.54) is 16.1 Å². The zero-order valence-electron chi connectivity index (χ0n) is 17.4. The summed E-state index contributed by atoms with van der Waals surface area (Å²) < 4.78 is 40.7. The van der Waals surface area contributed by atoms with Crippen LogP contribution in [0, 0.1) is 0 Å². The molecule has 1 saturated heterocycles. The molecule has 0 spiro atoms. The van der Waals surface area contributed by atoms with Gasteiger partial charge in [-0.1, -0.05) is 18.7 Å². The topological polar surface area (TPSA) is 103 Å². The number of aryl methyl sites for hydroxylation is 1. The molecular weight excluding hydrogens is 438 g/mol. The molecule has 5 rings (SSSR count). The molecule has 0 bridgehead atoms. The van der Waals surface area contributed by atoms with E-state index in [1.807, 2.05) is 6.07 Å². The van der Waals surface area contributed by atoms with Gasteiger partial charge in [0, 0.05) is 25.6 Å². The quantitative estimate of drug-likeness (QED) is 0.470. The zero-order valence-corrected chi connectivity index (χ0v) is 19.0. The molecular formula is C20H25N5O4S2. The van der Waals surface area contributed by atoms with Crippen LogP contribution >= 0.6 is 11.8 Å². The van der Waals surface area contributed by atoms with Gasteiger partial charge < -0.3 is 13.7 Å². The largest absolute Gasteiger partial charge is 0.416 e. The lowest BCUT2D eigenvalue weighted by atomic mass is 10.3. The number of benzene rings is 1. The molecule has 1 aromatic carbocycles. The Kier molecular flexibility index (Phi) is 5.76. The highest BCUT2D eigenvalue weighted by Crippen LogP contribution is 2.40. The lowest BCUT2D eigenvalue weighted by Crippen LogP contribution is -2.40. The fraction of sp³-hybridized carbons (Fsp3) is 0.550. The summed E-state index contributed by atoms with van der Waals surface area (Å²) in [4.78, 5) is 5.04. The van der Waals surface area contributed by atoms with E-state index in [2.05, 4.69) is 21.7 Å². The third kappa shape index (κ3) is 4.23. The Labute approximate surface area is 185 Å². The van der Waals surface area contributed by atoms with Crippen molar-refractivity contribution in [3.05, 3.63) is 29.9 Å². The molecule has 0 amide bonds. The molecule has 2 fully saturated rings. The maximum Gasteiger partial charge on any atom is 0.277 e. The smallest absolute Gasteiger partial charge is 0.277 e. The van der Waals surface area contributed by atoms with E-state index in [0.717, 1.165) is 43.0 Å². The number of morpholine rings is 1. The number of aromatic nitrogens is 4. The van der Waals surface area contributed by atoms with Gasteiger partial charge >= 0.3 is 0 Å². The number of ether oxygens (including phenoxy) is 1. The summed E-state index contributed by atoms with van der Waals surface area (Å²) in [5, 5.41) is 8.81. The van der Waals surface area contributed by atoms with Gasteiger partial charge in [0.25, 0.3) is 5.22 Å². The average molecular weight is 464 g/mol. The van der Waals surface area contributed by atoms with Crippen LogP contribution in [0.5, 0.6) is 0 Å². The van der Waals surface area contributed by atoms with Crippen molar-refractivity contribution in [3.63, 3.8) is 0 Å². The van der Waals surface area contributed by atoms with Crippen LogP contribution in [0.2, 0.25) is 0 Å². The molecule has 2 aliphatic rings. The van der Waals surface area contributed by atoms with E-state index < -0.39 is 10.0 Å². The van der Waals surface area contributed by atoms with Crippen molar-refractivity contribution < 1.29 is 17.6 Å². The second kappa shape index (κ2) is 8.53. The van der Waals surface area contributed by atoms with Crippen molar-refractivity contribution in [1.82, 2.24) is 24.1 Å². The van der Waals surface area contributed by atoms with Gasteiger partial charge in [0.1, 0.15) is 5.82 Å². The van der Waals surface area contributed by atoms with Gasteiger partial charge in [-0.25, -0.2) is 13.4 Å². The fourth-order valence-corrected chi connectivity index (χ4v) is 5.88. The van der Waals surface area contributed by atoms with Gasteiger partial charge in [0.05, 0.1) is 34.9 Å². The molecule has 1 aliphatic carbocycles. The van der Waals surface area contributed by atoms with Gasteiger partial charge in [0.15, 0.2) is 0 Å². The second-order valence-corrected chi connectivity index (χ2v) is 10.7. The Morgan fingerprint density at radius 2 is 2.00 bits per heavy atom. The normalized spacial score (nSPS) is 18.1. The van der Waals surface area contributed by atoms with Crippen LogP contribution in [0.1, 0.15) is 43.8 Å². The SMILES string of the molecule is CCCn1c(CSc2nnc(C3CC3)o2)nc2cc(S(=O)(=O)N3CCOCC3)ccc21. The van der Waals surface area contributed by atoms with Crippen LogP contribution in [-0.2, 0) is 27.1 Å². The highest BCUT2D eigenvalue weighted by molar-refractivity contribution is 7.98. The maximum atomic E-state index is 13.0. The first kappa shape index (κ1) is 20.9. The van der Waals surface area contributed by atoms with Crippen molar-refractivity contribution in [3.8, 4) is 0 Å². The fourth-order valence-electron chi connectivity index (χ4n) is 3.74. The molecule has 0 radical (unpaired) electrons. The summed E-state index contributed by atoms with van der Waals surface area (Å²) in [7, 11) is -3.56. The van der Waals surface area contributed by atoms with Gasteiger partial charge in [-0.3, -0.25) is 0 Å². The molecule has 3 aromatic rings. The third-order valence-corrected chi connectivity index (χ3v) is 8.24. The van der Waals surface area contributed by atoms with Gasteiger partial charge in [-0.05, 0) is 37.5 Å². The number of fused-ring (bicyclic) bond motifs is 1. The van der Waals surface area contributed by atoms with E-state index in [9.17, 15) is 8.42 Å². The summed E-state index contributed by atoms with van der Waals surface area (Å²) >= 11 is 1.46. The standard InChI is InChI=1S/C20H25N5O4S2/c1-2-7-25-17-6-5-15(31(26,27)24-8-10-28-11-9-24)12-16(17)21-18(25)13-30-20-23-22-19(29-20)14-3-4-14/h5-6,12,14H,2-4,7-11,13H2,1H3. The highest BCUT2D eigenvalue weighted by atomic mass is 32.2. The van der Waals surface area contributed by atoms with Crippen LogP contribution in [0.25, 0.3) is 11.0 Å². The zero-order chi connectivity index (χ0) is 21.4. The van der Waals surface area contributed by atoms with Crippen molar-refractivity contribution in [2.75, 3.05) is 26.3 Å². The van der Waals surface area contributed by atoms with Crippen LogP contribution in [0.3, 0.4) is 0 Å². The number of thioether (sulfide) groups is 1. The lowest BCUT2D eigenvalue weighted by Gasteiger charge is -2.26. The maximum absolute atomic E-state index is 13.0. The van der Waals surface area contributed by atoms with Crippen molar-refractivity contribution in [2.45, 2.75) is 54.5 Å². The minimum atomic E-state index is -3.56. The first-order chi connectivity index (χ1) is 15.1. The Balaban J connectivity index is 1.41. The number of hydrogen-bond donors (Lipinski definition) is 0. The highest BCUT2D eigenvalue weighted by Gasteiger charge is 2.30. The predicted molar refractivity (Wildman–Crippen MR) is 115 cm³/mol.